The molecule has 1 aliphatic heterocycles. The van der Waals surface area contributed by atoms with Gasteiger partial charge in [0.05, 0.1) is 6.61 Å². The number of nitrogens with one attached hydrogen (secondary N) is 1. The van der Waals surface area contributed by atoms with Crippen molar-refractivity contribution in [3.63, 3.8) is 0 Å². The van der Waals surface area contributed by atoms with Crippen LogP contribution in [0.1, 0.15) is 63.2 Å². The smallest absolute Gasteiger partial charge is 0.226 e. The zero-order valence-electron chi connectivity index (χ0n) is 22.4. The maximum atomic E-state index is 12.1. The molecule has 196 valence electrons. The molecule has 5 nitrogen and oxygen atoms in total. The lowest BCUT2D eigenvalue weighted by atomic mass is 9.89. The largest absolute Gasteiger partial charge is 0.490 e. The van der Waals surface area contributed by atoms with Gasteiger partial charge in [0.25, 0.3) is 0 Å². The third kappa shape index (κ3) is 7.59. The molecule has 1 atom stereocenters. The molecule has 1 amide bonds. The number of likely N-dealkylation sites (tertiary alicyclic amines) is 1. The molecule has 0 aromatic heterocycles. The van der Waals surface area contributed by atoms with Gasteiger partial charge in [0.15, 0.2) is 11.5 Å². The number of hydrogen-bond donors (Lipinski definition) is 1. The van der Waals surface area contributed by atoms with Gasteiger partial charge in [-0.05, 0) is 74.2 Å². The summed E-state index contributed by atoms with van der Waals surface area (Å²) >= 11 is 0. The van der Waals surface area contributed by atoms with Crippen molar-refractivity contribution in [2.24, 2.45) is 5.92 Å². The van der Waals surface area contributed by atoms with E-state index in [4.69, 9.17) is 9.47 Å². The topological polar surface area (TPSA) is 50.8 Å². The molecule has 3 aromatic carbocycles. The number of amides is 1. The lowest BCUT2D eigenvalue weighted by Gasteiger charge is -2.33. The Balaban J connectivity index is 1.35. The van der Waals surface area contributed by atoms with E-state index in [1.165, 1.54) is 11.1 Å². The van der Waals surface area contributed by atoms with Crippen LogP contribution in [0.15, 0.2) is 78.9 Å². The molecule has 0 bridgehead atoms. The Kier molecular flexibility index (Phi) is 9.61. The van der Waals surface area contributed by atoms with Crippen LogP contribution in [0.5, 0.6) is 11.5 Å². The quantitative estimate of drug-likeness (QED) is 0.306. The number of ether oxygens (including phenoxy) is 2. The Morgan fingerprint density at radius 1 is 0.946 bits per heavy atom. The maximum absolute atomic E-state index is 12.1. The second-order valence-corrected chi connectivity index (χ2v) is 10.1. The summed E-state index contributed by atoms with van der Waals surface area (Å²) in [6.45, 7) is 9.54. The Hall–Kier alpha value is -3.31. The van der Waals surface area contributed by atoms with Gasteiger partial charge in [0.1, 0.15) is 6.10 Å². The van der Waals surface area contributed by atoms with Gasteiger partial charge in [-0.1, -0.05) is 68.4 Å². The highest BCUT2D eigenvalue weighted by Crippen LogP contribution is 2.34. The Labute approximate surface area is 221 Å². The van der Waals surface area contributed by atoms with Gasteiger partial charge in [-0.2, -0.15) is 0 Å². The van der Waals surface area contributed by atoms with E-state index in [-0.39, 0.29) is 17.9 Å². The van der Waals surface area contributed by atoms with Gasteiger partial charge < -0.3 is 19.7 Å². The van der Waals surface area contributed by atoms with Crippen LogP contribution in [-0.4, -0.2) is 37.0 Å². The minimum Gasteiger partial charge on any atom is -0.490 e. The monoisotopic (exact) mass is 500 g/mol. The molecule has 0 spiro atoms. The predicted octanol–water partition coefficient (Wildman–Crippen LogP) is 7.07. The number of carbonyl (C=O) groups excluding carboxylic acids is 1. The van der Waals surface area contributed by atoms with Crippen LogP contribution in [0.2, 0.25) is 0 Å². The van der Waals surface area contributed by atoms with Crippen molar-refractivity contribution in [1.82, 2.24) is 4.90 Å². The molecule has 1 aliphatic rings. The summed E-state index contributed by atoms with van der Waals surface area (Å²) in [5.41, 5.74) is 3.40. The summed E-state index contributed by atoms with van der Waals surface area (Å²) in [4.78, 5) is 14.7. The Morgan fingerprint density at radius 3 is 2.35 bits per heavy atom. The molecule has 3 aromatic rings. The summed E-state index contributed by atoms with van der Waals surface area (Å²) in [6, 6.07) is 26.8. The third-order valence-corrected chi connectivity index (χ3v) is 7.03. The number of anilines is 1. The molecular formula is C32H40N2O3. The number of piperidine rings is 1. The van der Waals surface area contributed by atoms with E-state index in [1.54, 1.807) is 0 Å². The number of nitrogens with zero attached hydrogens (tertiary/aromatic N) is 1. The minimum absolute atomic E-state index is 0.0248. The lowest BCUT2D eigenvalue weighted by molar-refractivity contribution is -0.118. The maximum Gasteiger partial charge on any atom is 0.226 e. The SMILES string of the molecule is CCOc1ccccc1OC(CCN1CCC(c2cccc(NC(=O)C(C)C)c2)CC1)c1ccccc1. The van der Waals surface area contributed by atoms with Crippen molar-refractivity contribution >= 4 is 11.6 Å². The first-order chi connectivity index (χ1) is 18.0. The van der Waals surface area contributed by atoms with Crippen LogP contribution in [0.3, 0.4) is 0 Å². The molecule has 1 heterocycles. The van der Waals surface area contributed by atoms with Gasteiger partial charge >= 0.3 is 0 Å². The molecule has 0 radical (unpaired) electrons. The van der Waals surface area contributed by atoms with Gasteiger partial charge in [0.2, 0.25) is 5.91 Å². The number of benzene rings is 3. The van der Waals surface area contributed by atoms with Crippen molar-refractivity contribution in [1.29, 1.82) is 0 Å². The molecular weight excluding hydrogens is 460 g/mol. The fraction of sp³-hybridized carbons (Fsp3) is 0.406. The fourth-order valence-corrected chi connectivity index (χ4v) is 4.88. The number of para-hydroxylation sites is 2. The normalized spacial score (nSPS) is 15.4. The van der Waals surface area contributed by atoms with Gasteiger partial charge in [-0.3, -0.25) is 4.79 Å². The Morgan fingerprint density at radius 2 is 1.65 bits per heavy atom. The second kappa shape index (κ2) is 13.3. The predicted molar refractivity (Wildman–Crippen MR) is 150 cm³/mol. The van der Waals surface area contributed by atoms with Crippen LogP contribution in [0.4, 0.5) is 5.69 Å². The lowest BCUT2D eigenvalue weighted by Crippen LogP contribution is -2.34. The average molecular weight is 501 g/mol. The van der Waals surface area contributed by atoms with E-state index in [2.05, 4.69) is 52.7 Å². The molecule has 0 saturated carbocycles. The first-order valence-corrected chi connectivity index (χ1v) is 13.6. The minimum atomic E-state index is -0.0400. The summed E-state index contributed by atoms with van der Waals surface area (Å²) in [7, 11) is 0. The molecule has 37 heavy (non-hydrogen) atoms. The highest BCUT2D eigenvalue weighted by atomic mass is 16.5. The van der Waals surface area contributed by atoms with Crippen LogP contribution >= 0.6 is 0 Å². The van der Waals surface area contributed by atoms with E-state index in [0.29, 0.717) is 12.5 Å². The van der Waals surface area contributed by atoms with Crippen LogP contribution in [0.25, 0.3) is 0 Å². The van der Waals surface area contributed by atoms with E-state index in [9.17, 15) is 4.79 Å². The van der Waals surface area contributed by atoms with Gasteiger partial charge in [-0.25, -0.2) is 0 Å². The number of rotatable bonds is 11. The summed E-state index contributed by atoms with van der Waals surface area (Å²) in [5.74, 6) is 2.14. The van der Waals surface area contributed by atoms with E-state index in [1.807, 2.05) is 57.2 Å². The van der Waals surface area contributed by atoms with Crippen molar-refractivity contribution < 1.29 is 14.3 Å². The van der Waals surface area contributed by atoms with Crippen LogP contribution in [0, 0.1) is 5.92 Å². The highest BCUT2D eigenvalue weighted by Gasteiger charge is 2.23. The van der Waals surface area contributed by atoms with E-state index >= 15 is 0 Å². The van der Waals surface area contributed by atoms with Crippen LogP contribution in [-0.2, 0) is 4.79 Å². The average Bonchev–Trinajstić information content (AvgIpc) is 2.93. The van der Waals surface area contributed by atoms with Gasteiger partial charge in [0, 0.05) is 24.6 Å². The molecule has 1 unspecified atom stereocenters. The molecule has 1 N–H and O–H groups in total. The number of carbonyl (C=O) groups is 1. The fourth-order valence-electron chi connectivity index (χ4n) is 4.88. The first kappa shape index (κ1) is 26.7. The van der Waals surface area contributed by atoms with Gasteiger partial charge in [-0.15, -0.1) is 0 Å². The highest BCUT2D eigenvalue weighted by molar-refractivity contribution is 5.92. The van der Waals surface area contributed by atoms with Crippen molar-refractivity contribution in [2.75, 3.05) is 31.6 Å². The van der Waals surface area contributed by atoms with E-state index in [0.717, 1.165) is 56.1 Å². The van der Waals surface area contributed by atoms with E-state index < -0.39 is 0 Å². The van der Waals surface area contributed by atoms with Crippen molar-refractivity contribution in [2.45, 2.75) is 52.1 Å². The molecule has 4 rings (SSSR count). The first-order valence-electron chi connectivity index (χ1n) is 13.6. The molecule has 5 heteroatoms. The Bertz CT molecular complexity index is 1120. The second-order valence-electron chi connectivity index (χ2n) is 10.1. The zero-order chi connectivity index (χ0) is 26.0. The summed E-state index contributed by atoms with van der Waals surface area (Å²) < 4.78 is 12.3. The van der Waals surface area contributed by atoms with Crippen LogP contribution < -0.4 is 14.8 Å². The molecule has 1 fully saturated rings. The molecule has 1 saturated heterocycles. The number of hydrogen-bond acceptors (Lipinski definition) is 4. The summed E-state index contributed by atoms with van der Waals surface area (Å²) in [5, 5.41) is 3.04. The third-order valence-electron chi connectivity index (χ3n) is 7.03. The standard InChI is InChI=1S/C32H40N2O3/c1-4-36-30-15-8-9-16-31(30)37-29(26-11-6-5-7-12-26)19-22-34-20-17-25(18-21-34)27-13-10-14-28(23-27)33-32(35)24(2)3/h5-16,23-25,29H,4,17-22H2,1-3H3,(H,33,35). The summed E-state index contributed by atoms with van der Waals surface area (Å²) in [6.07, 6.45) is 3.10. The van der Waals surface area contributed by atoms with Crippen molar-refractivity contribution in [3.05, 3.63) is 90.0 Å². The zero-order valence-corrected chi connectivity index (χ0v) is 22.4. The molecule has 0 aliphatic carbocycles. The van der Waals surface area contributed by atoms with Crippen molar-refractivity contribution in [3.8, 4) is 11.5 Å².